The molecule has 1 fully saturated rings. The molecule has 1 aliphatic rings. The minimum atomic E-state index is -4.43. The SMILES string of the molecule is CCCCN1CCN(S(=O)(=O)NCCc2nc(-c3ccccc3)[nH]c2-c2ccc(C(F)(F)F)cc2)CC1. The second-order valence-electron chi connectivity index (χ2n) is 9.09. The lowest BCUT2D eigenvalue weighted by Gasteiger charge is -2.33. The summed E-state index contributed by atoms with van der Waals surface area (Å²) in [7, 11) is -3.65. The van der Waals surface area contributed by atoms with Crippen LogP contribution < -0.4 is 4.72 Å². The van der Waals surface area contributed by atoms with Crippen molar-refractivity contribution >= 4 is 10.2 Å². The van der Waals surface area contributed by atoms with Crippen LogP contribution in [0.3, 0.4) is 0 Å². The lowest BCUT2D eigenvalue weighted by molar-refractivity contribution is -0.137. The molecule has 3 aromatic rings. The molecule has 200 valence electrons. The highest BCUT2D eigenvalue weighted by atomic mass is 32.2. The molecule has 4 rings (SSSR count). The van der Waals surface area contributed by atoms with Gasteiger partial charge < -0.3 is 9.88 Å². The van der Waals surface area contributed by atoms with Crippen molar-refractivity contribution in [2.75, 3.05) is 39.3 Å². The summed E-state index contributed by atoms with van der Waals surface area (Å²) >= 11 is 0. The third-order valence-corrected chi connectivity index (χ3v) is 8.09. The number of hydrogen-bond acceptors (Lipinski definition) is 4. The molecule has 2 N–H and O–H groups in total. The Labute approximate surface area is 215 Å². The molecule has 1 aromatic heterocycles. The first-order valence-electron chi connectivity index (χ1n) is 12.5. The van der Waals surface area contributed by atoms with Crippen molar-refractivity contribution in [2.24, 2.45) is 0 Å². The second-order valence-corrected chi connectivity index (χ2v) is 10.8. The van der Waals surface area contributed by atoms with Crippen molar-refractivity contribution in [3.63, 3.8) is 0 Å². The van der Waals surface area contributed by atoms with Gasteiger partial charge in [-0.25, -0.2) is 9.71 Å². The monoisotopic (exact) mass is 535 g/mol. The largest absolute Gasteiger partial charge is 0.416 e. The van der Waals surface area contributed by atoms with Crippen LogP contribution in [0.4, 0.5) is 13.2 Å². The van der Waals surface area contributed by atoms with Crippen LogP contribution in [0.1, 0.15) is 31.0 Å². The van der Waals surface area contributed by atoms with E-state index in [2.05, 4.69) is 26.5 Å². The van der Waals surface area contributed by atoms with Crippen LogP contribution in [0, 0.1) is 0 Å². The Balaban J connectivity index is 1.47. The zero-order valence-corrected chi connectivity index (χ0v) is 21.6. The molecule has 0 bridgehead atoms. The van der Waals surface area contributed by atoms with Gasteiger partial charge in [-0.15, -0.1) is 0 Å². The van der Waals surface area contributed by atoms with Gasteiger partial charge in [0.1, 0.15) is 5.82 Å². The first-order valence-corrected chi connectivity index (χ1v) is 13.9. The summed E-state index contributed by atoms with van der Waals surface area (Å²) in [6.45, 7) is 5.53. The molecule has 2 heterocycles. The van der Waals surface area contributed by atoms with E-state index in [1.54, 1.807) is 0 Å². The molecule has 37 heavy (non-hydrogen) atoms. The number of alkyl halides is 3. The van der Waals surface area contributed by atoms with Gasteiger partial charge in [-0.3, -0.25) is 0 Å². The summed E-state index contributed by atoms with van der Waals surface area (Å²) in [5.41, 5.74) is 1.78. The maximum Gasteiger partial charge on any atom is 0.416 e. The number of hydrogen-bond donors (Lipinski definition) is 2. The normalized spacial score (nSPS) is 15.8. The Morgan fingerprint density at radius 2 is 1.65 bits per heavy atom. The number of aromatic nitrogens is 2. The Morgan fingerprint density at radius 1 is 0.973 bits per heavy atom. The lowest BCUT2D eigenvalue weighted by atomic mass is 10.1. The predicted molar refractivity (Wildman–Crippen MR) is 138 cm³/mol. The molecule has 1 aliphatic heterocycles. The molecule has 0 saturated carbocycles. The molecule has 1 saturated heterocycles. The first-order chi connectivity index (χ1) is 17.7. The van der Waals surface area contributed by atoms with Gasteiger partial charge in [0.2, 0.25) is 0 Å². The highest BCUT2D eigenvalue weighted by Gasteiger charge is 2.30. The van der Waals surface area contributed by atoms with Crippen LogP contribution in [0.25, 0.3) is 22.6 Å². The molecule has 7 nitrogen and oxygen atoms in total. The average Bonchev–Trinajstić information content (AvgIpc) is 3.32. The number of nitrogens with one attached hydrogen (secondary N) is 2. The molecule has 0 spiro atoms. The smallest absolute Gasteiger partial charge is 0.338 e. The number of piperazine rings is 1. The molecule has 0 aliphatic carbocycles. The average molecular weight is 536 g/mol. The molecular weight excluding hydrogens is 503 g/mol. The standard InChI is InChI=1S/C26H32F3N5O2S/c1-2-3-15-33-16-18-34(19-17-33)37(35,36)30-14-13-23-24(20-9-11-22(12-10-20)26(27,28)29)32-25(31-23)21-7-5-4-6-8-21/h4-12,30H,2-3,13-19H2,1H3,(H,31,32). The van der Waals surface area contributed by atoms with Crippen molar-refractivity contribution in [3.05, 3.63) is 65.9 Å². The molecule has 0 unspecified atom stereocenters. The Kier molecular flexibility index (Phi) is 8.68. The van der Waals surface area contributed by atoms with Crippen LogP contribution in [0.5, 0.6) is 0 Å². The lowest BCUT2D eigenvalue weighted by Crippen LogP contribution is -2.52. The fraction of sp³-hybridized carbons (Fsp3) is 0.423. The van der Waals surface area contributed by atoms with Crippen molar-refractivity contribution in [2.45, 2.75) is 32.4 Å². The van der Waals surface area contributed by atoms with Gasteiger partial charge in [0.25, 0.3) is 10.2 Å². The molecular formula is C26H32F3N5O2S. The van der Waals surface area contributed by atoms with E-state index < -0.39 is 21.9 Å². The van der Waals surface area contributed by atoms with Gasteiger partial charge in [-0.2, -0.15) is 25.9 Å². The van der Waals surface area contributed by atoms with Gasteiger partial charge in [0.15, 0.2) is 0 Å². The molecule has 0 atom stereocenters. The maximum atomic E-state index is 13.0. The summed E-state index contributed by atoms with van der Waals surface area (Å²) in [5, 5.41) is 0. The zero-order chi connectivity index (χ0) is 26.5. The first kappa shape index (κ1) is 27.3. The van der Waals surface area contributed by atoms with Crippen molar-refractivity contribution < 1.29 is 21.6 Å². The minimum absolute atomic E-state index is 0.116. The van der Waals surface area contributed by atoms with Gasteiger partial charge in [0, 0.05) is 44.7 Å². The van der Waals surface area contributed by atoms with Crippen LogP contribution in [0.15, 0.2) is 54.6 Å². The number of unbranched alkanes of at least 4 members (excludes halogenated alkanes) is 1. The second kappa shape index (κ2) is 11.8. The summed E-state index contributed by atoms with van der Waals surface area (Å²) in [6.07, 6.45) is -1.95. The van der Waals surface area contributed by atoms with E-state index in [0.29, 0.717) is 49.0 Å². The number of aromatic amines is 1. The van der Waals surface area contributed by atoms with E-state index in [4.69, 9.17) is 0 Å². The Morgan fingerprint density at radius 3 is 2.27 bits per heavy atom. The van der Waals surface area contributed by atoms with E-state index >= 15 is 0 Å². The van der Waals surface area contributed by atoms with E-state index in [0.717, 1.165) is 37.1 Å². The zero-order valence-electron chi connectivity index (χ0n) is 20.8. The summed E-state index contributed by atoms with van der Waals surface area (Å²) < 4.78 is 69.0. The number of H-pyrrole nitrogens is 1. The summed E-state index contributed by atoms with van der Waals surface area (Å²) in [5.74, 6) is 0.566. The van der Waals surface area contributed by atoms with Crippen molar-refractivity contribution in [1.29, 1.82) is 0 Å². The van der Waals surface area contributed by atoms with Crippen LogP contribution in [-0.4, -0.2) is 66.9 Å². The molecule has 0 amide bonds. The van der Waals surface area contributed by atoms with Crippen molar-refractivity contribution in [1.82, 2.24) is 23.9 Å². The topological polar surface area (TPSA) is 81.3 Å². The van der Waals surface area contributed by atoms with Crippen LogP contribution in [0.2, 0.25) is 0 Å². The van der Waals surface area contributed by atoms with E-state index in [1.165, 1.54) is 16.4 Å². The summed E-state index contributed by atoms with van der Waals surface area (Å²) in [6, 6.07) is 14.2. The fourth-order valence-electron chi connectivity index (χ4n) is 4.35. The number of rotatable bonds is 10. The third-order valence-electron chi connectivity index (χ3n) is 6.47. The van der Waals surface area contributed by atoms with Gasteiger partial charge in [-0.1, -0.05) is 55.8 Å². The molecule has 0 radical (unpaired) electrons. The van der Waals surface area contributed by atoms with E-state index in [1.807, 2.05) is 30.3 Å². The highest BCUT2D eigenvalue weighted by Crippen LogP contribution is 2.32. The molecule has 11 heteroatoms. The number of nitrogens with zero attached hydrogens (tertiary/aromatic N) is 3. The predicted octanol–water partition coefficient (Wildman–Crippen LogP) is 4.56. The van der Waals surface area contributed by atoms with Gasteiger partial charge >= 0.3 is 6.18 Å². The number of halogens is 3. The quantitative estimate of drug-likeness (QED) is 0.399. The van der Waals surface area contributed by atoms with Crippen molar-refractivity contribution in [3.8, 4) is 22.6 Å². The number of imidazole rings is 1. The fourth-order valence-corrected chi connectivity index (χ4v) is 5.54. The Bertz CT molecular complexity index is 1250. The van der Waals surface area contributed by atoms with E-state index in [9.17, 15) is 21.6 Å². The van der Waals surface area contributed by atoms with Gasteiger partial charge in [-0.05, 0) is 30.7 Å². The van der Waals surface area contributed by atoms with Crippen LogP contribution in [-0.2, 0) is 22.8 Å². The Hall–Kier alpha value is -2.73. The number of benzene rings is 2. The highest BCUT2D eigenvalue weighted by molar-refractivity contribution is 7.87. The van der Waals surface area contributed by atoms with E-state index in [-0.39, 0.29) is 13.0 Å². The summed E-state index contributed by atoms with van der Waals surface area (Å²) in [4.78, 5) is 10.2. The molecule has 2 aromatic carbocycles. The third kappa shape index (κ3) is 6.98. The minimum Gasteiger partial charge on any atom is -0.338 e. The maximum absolute atomic E-state index is 13.0. The van der Waals surface area contributed by atoms with Gasteiger partial charge in [0.05, 0.1) is 17.0 Å². The van der Waals surface area contributed by atoms with Crippen LogP contribution >= 0.6 is 0 Å².